The molecule has 0 bridgehead atoms. The summed E-state index contributed by atoms with van der Waals surface area (Å²) in [5, 5.41) is 6.02. The zero-order valence-corrected chi connectivity index (χ0v) is 16.7. The lowest BCUT2D eigenvalue weighted by molar-refractivity contribution is -0.127. The van der Waals surface area contributed by atoms with E-state index in [1.54, 1.807) is 14.1 Å². The van der Waals surface area contributed by atoms with E-state index in [4.69, 9.17) is 0 Å². The molecule has 136 valence electrons. The van der Waals surface area contributed by atoms with Gasteiger partial charge < -0.3 is 15.5 Å². The molecule has 2 N–H and O–H groups in total. The van der Waals surface area contributed by atoms with Crippen LogP contribution in [0.1, 0.15) is 25.8 Å². The number of carbonyl (C=O) groups excluding carboxylic acids is 1. The third kappa shape index (κ3) is 7.89. The quantitative estimate of drug-likeness (QED) is 0.395. The summed E-state index contributed by atoms with van der Waals surface area (Å²) < 4.78 is 26.8. The molecular weight excluding hydrogens is 429 g/mol. The number of nitrogens with zero attached hydrogens (tertiary/aromatic N) is 2. The van der Waals surface area contributed by atoms with Crippen LogP contribution in [0.5, 0.6) is 0 Å². The summed E-state index contributed by atoms with van der Waals surface area (Å²) in [6.45, 7) is 4.02. The zero-order chi connectivity index (χ0) is 17.4. The summed E-state index contributed by atoms with van der Waals surface area (Å²) in [6, 6.07) is 3.39. The van der Waals surface area contributed by atoms with Crippen molar-refractivity contribution in [2.24, 2.45) is 4.99 Å². The molecule has 1 amide bonds. The van der Waals surface area contributed by atoms with Crippen LogP contribution in [-0.2, 0) is 11.3 Å². The van der Waals surface area contributed by atoms with Crippen LogP contribution in [0.25, 0.3) is 0 Å². The fraction of sp³-hybridized carbons (Fsp3) is 0.500. The van der Waals surface area contributed by atoms with Crippen LogP contribution >= 0.6 is 24.0 Å². The van der Waals surface area contributed by atoms with Gasteiger partial charge in [-0.2, -0.15) is 0 Å². The number of hydrogen-bond acceptors (Lipinski definition) is 2. The lowest BCUT2D eigenvalue weighted by atomic mass is 10.2. The topological polar surface area (TPSA) is 56.7 Å². The molecule has 0 heterocycles. The normalized spacial score (nSPS) is 12.2. The minimum absolute atomic E-state index is 0. The molecule has 0 saturated carbocycles. The van der Waals surface area contributed by atoms with Gasteiger partial charge in [-0.25, -0.2) is 13.8 Å². The Hall–Kier alpha value is -1.45. The third-order valence-electron chi connectivity index (χ3n) is 3.32. The molecular formula is C16H25F2IN4O. The molecule has 0 aliphatic rings. The van der Waals surface area contributed by atoms with Gasteiger partial charge in [-0.05, 0) is 31.5 Å². The second kappa shape index (κ2) is 11.2. The average molecular weight is 454 g/mol. The molecule has 0 aliphatic carbocycles. The number of carbonyl (C=O) groups is 1. The van der Waals surface area contributed by atoms with Crippen LogP contribution in [0, 0.1) is 11.6 Å². The lowest BCUT2D eigenvalue weighted by Crippen LogP contribution is -2.45. The molecule has 0 aromatic heterocycles. The first kappa shape index (κ1) is 22.6. The van der Waals surface area contributed by atoms with Gasteiger partial charge in [0.25, 0.3) is 0 Å². The van der Waals surface area contributed by atoms with Crippen molar-refractivity contribution in [3.63, 3.8) is 0 Å². The van der Waals surface area contributed by atoms with Crippen molar-refractivity contribution in [2.75, 3.05) is 20.6 Å². The summed E-state index contributed by atoms with van der Waals surface area (Å²) in [5.41, 5.74) is 0.161. The predicted octanol–water partition coefficient (Wildman–Crippen LogP) is 2.50. The number of benzene rings is 1. The van der Waals surface area contributed by atoms with Crippen molar-refractivity contribution < 1.29 is 13.6 Å². The highest BCUT2D eigenvalue weighted by Gasteiger charge is 2.09. The molecule has 0 spiro atoms. The van der Waals surface area contributed by atoms with E-state index in [2.05, 4.69) is 15.6 Å². The Morgan fingerprint density at radius 1 is 1.33 bits per heavy atom. The summed E-state index contributed by atoms with van der Waals surface area (Å²) >= 11 is 0. The zero-order valence-electron chi connectivity index (χ0n) is 14.4. The fourth-order valence-corrected chi connectivity index (χ4v) is 1.63. The van der Waals surface area contributed by atoms with Crippen LogP contribution < -0.4 is 10.6 Å². The van der Waals surface area contributed by atoms with Crippen molar-refractivity contribution in [3.05, 3.63) is 35.4 Å². The Morgan fingerprint density at radius 2 is 2.00 bits per heavy atom. The molecule has 1 aromatic rings. The lowest BCUT2D eigenvalue weighted by Gasteiger charge is -2.18. The number of guanidine groups is 1. The van der Waals surface area contributed by atoms with E-state index >= 15 is 0 Å². The van der Waals surface area contributed by atoms with Gasteiger partial charge in [-0.3, -0.25) is 4.79 Å². The second-order valence-corrected chi connectivity index (χ2v) is 5.50. The van der Waals surface area contributed by atoms with Gasteiger partial charge in [0.05, 0.1) is 13.1 Å². The van der Waals surface area contributed by atoms with Crippen molar-refractivity contribution >= 4 is 35.8 Å². The number of likely N-dealkylation sites (N-methyl/N-ethyl adjacent to an activating group) is 1. The Labute approximate surface area is 158 Å². The molecule has 1 aromatic carbocycles. The molecule has 1 atom stereocenters. The largest absolute Gasteiger partial charge is 0.354 e. The maximum Gasteiger partial charge on any atom is 0.241 e. The molecule has 0 radical (unpaired) electrons. The predicted molar refractivity (Wildman–Crippen MR) is 102 cm³/mol. The van der Waals surface area contributed by atoms with Crippen LogP contribution in [0.15, 0.2) is 23.2 Å². The second-order valence-electron chi connectivity index (χ2n) is 5.50. The Morgan fingerprint density at radius 3 is 2.58 bits per heavy atom. The highest BCUT2D eigenvalue weighted by atomic mass is 127. The van der Waals surface area contributed by atoms with Gasteiger partial charge in [0.15, 0.2) is 5.96 Å². The number of aliphatic imine (C=N–C) groups is 1. The molecule has 8 heteroatoms. The molecule has 1 rings (SSSR count). The first-order valence-electron chi connectivity index (χ1n) is 7.52. The number of halogens is 3. The van der Waals surface area contributed by atoms with Crippen LogP contribution in [0.4, 0.5) is 8.78 Å². The third-order valence-corrected chi connectivity index (χ3v) is 3.32. The average Bonchev–Trinajstić information content (AvgIpc) is 2.52. The fourth-order valence-electron chi connectivity index (χ4n) is 1.63. The summed E-state index contributed by atoms with van der Waals surface area (Å²) in [4.78, 5) is 17.3. The van der Waals surface area contributed by atoms with Crippen molar-refractivity contribution in [1.29, 1.82) is 0 Å². The molecule has 0 aliphatic heterocycles. The van der Waals surface area contributed by atoms with Crippen molar-refractivity contribution in [2.45, 2.75) is 32.9 Å². The minimum Gasteiger partial charge on any atom is -0.354 e. The van der Waals surface area contributed by atoms with Crippen LogP contribution in [0.3, 0.4) is 0 Å². The Balaban J connectivity index is 0.00000529. The van der Waals surface area contributed by atoms with Gasteiger partial charge in [0, 0.05) is 25.7 Å². The standard InChI is InChI=1S/C16H24F2N4O.HI/c1-5-11(2)21-16(20-10-15(23)22(3)4)19-9-12-8-13(17)6-7-14(12)18;/h6-8,11H,5,9-10H2,1-4H3,(H2,19,20,21);1H. The number of amides is 1. The summed E-state index contributed by atoms with van der Waals surface area (Å²) in [6.07, 6.45) is 0.858. The first-order chi connectivity index (χ1) is 10.8. The maximum atomic E-state index is 13.6. The van der Waals surface area contributed by atoms with Gasteiger partial charge in [-0.15, -0.1) is 24.0 Å². The van der Waals surface area contributed by atoms with Gasteiger partial charge in [0.1, 0.15) is 11.6 Å². The monoisotopic (exact) mass is 454 g/mol. The molecule has 0 saturated heterocycles. The van der Waals surface area contributed by atoms with Crippen molar-refractivity contribution in [1.82, 2.24) is 15.5 Å². The molecule has 0 fully saturated rings. The maximum absolute atomic E-state index is 13.6. The number of rotatable bonds is 6. The van der Waals surface area contributed by atoms with Crippen LogP contribution in [-0.4, -0.2) is 43.4 Å². The summed E-state index contributed by atoms with van der Waals surface area (Å²) in [7, 11) is 3.32. The molecule has 5 nitrogen and oxygen atoms in total. The van der Waals surface area contributed by atoms with Gasteiger partial charge in [-0.1, -0.05) is 6.92 Å². The summed E-state index contributed by atoms with van der Waals surface area (Å²) in [5.74, 6) is -0.745. The van der Waals surface area contributed by atoms with E-state index in [0.29, 0.717) is 5.96 Å². The van der Waals surface area contributed by atoms with Gasteiger partial charge >= 0.3 is 0 Å². The Bertz CT molecular complexity index is 567. The van der Waals surface area contributed by atoms with E-state index in [1.165, 1.54) is 4.90 Å². The number of hydrogen-bond donors (Lipinski definition) is 2. The Kier molecular flexibility index (Phi) is 10.5. The molecule has 1 unspecified atom stereocenters. The minimum atomic E-state index is -0.512. The van der Waals surface area contributed by atoms with Crippen molar-refractivity contribution in [3.8, 4) is 0 Å². The SMILES string of the molecule is CCC(C)NC(=NCc1cc(F)ccc1F)NCC(=O)N(C)C.I. The van der Waals surface area contributed by atoms with Crippen LogP contribution in [0.2, 0.25) is 0 Å². The van der Waals surface area contributed by atoms with Gasteiger partial charge in [0.2, 0.25) is 5.91 Å². The van der Waals surface area contributed by atoms with E-state index in [9.17, 15) is 13.6 Å². The first-order valence-corrected chi connectivity index (χ1v) is 7.52. The highest BCUT2D eigenvalue weighted by molar-refractivity contribution is 14.0. The van der Waals surface area contributed by atoms with E-state index in [-0.39, 0.29) is 54.6 Å². The van der Waals surface area contributed by atoms with E-state index in [1.807, 2.05) is 13.8 Å². The molecule has 24 heavy (non-hydrogen) atoms. The highest BCUT2D eigenvalue weighted by Crippen LogP contribution is 2.10. The van der Waals surface area contributed by atoms with E-state index < -0.39 is 11.6 Å². The van der Waals surface area contributed by atoms with E-state index in [0.717, 1.165) is 24.6 Å². The smallest absolute Gasteiger partial charge is 0.241 e. The number of nitrogens with one attached hydrogen (secondary N) is 2.